The SMILES string of the molecule is N.O=C(O)c1cc(C(=O)O)c(C(=O)O)cc1C(=O)O. The number of carboxylic acids is 4. The fourth-order valence-electron chi connectivity index (χ4n) is 1.31. The molecule has 0 aromatic heterocycles. The Labute approximate surface area is 105 Å². The highest BCUT2D eigenvalue weighted by Gasteiger charge is 2.24. The largest absolute Gasteiger partial charge is 0.478 e. The van der Waals surface area contributed by atoms with E-state index >= 15 is 0 Å². The van der Waals surface area contributed by atoms with Gasteiger partial charge >= 0.3 is 23.9 Å². The summed E-state index contributed by atoms with van der Waals surface area (Å²) in [7, 11) is 0. The number of carboxylic acid groups (broad SMARTS) is 4. The minimum Gasteiger partial charge on any atom is -0.478 e. The molecule has 0 radical (unpaired) electrons. The number of carbonyl (C=O) groups is 4. The van der Waals surface area contributed by atoms with Crippen LogP contribution in [0.3, 0.4) is 0 Å². The fraction of sp³-hybridized carbons (Fsp3) is 0. The molecule has 102 valence electrons. The van der Waals surface area contributed by atoms with Gasteiger partial charge in [0.2, 0.25) is 0 Å². The third-order valence-electron chi connectivity index (χ3n) is 2.08. The number of aromatic carboxylic acids is 4. The Morgan fingerprint density at radius 1 is 0.579 bits per heavy atom. The van der Waals surface area contributed by atoms with Crippen molar-refractivity contribution in [2.24, 2.45) is 0 Å². The van der Waals surface area contributed by atoms with E-state index in [9.17, 15) is 19.2 Å². The lowest BCUT2D eigenvalue weighted by Crippen LogP contribution is -2.15. The van der Waals surface area contributed by atoms with Crippen molar-refractivity contribution < 1.29 is 39.6 Å². The Morgan fingerprint density at radius 2 is 0.737 bits per heavy atom. The highest BCUT2D eigenvalue weighted by atomic mass is 16.4. The molecule has 0 unspecified atom stereocenters. The van der Waals surface area contributed by atoms with Gasteiger partial charge in [-0.1, -0.05) is 0 Å². The maximum absolute atomic E-state index is 10.8. The highest BCUT2D eigenvalue weighted by molar-refractivity contribution is 6.09. The van der Waals surface area contributed by atoms with Crippen LogP contribution in [0.1, 0.15) is 41.4 Å². The van der Waals surface area contributed by atoms with Gasteiger partial charge in [-0.2, -0.15) is 0 Å². The summed E-state index contributed by atoms with van der Waals surface area (Å²) in [5, 5.41) is 35.0. The smallest absolute Gasteiger partial charge is 0.336 e. The van der Waals surface area contributed by atoms with Crippen LogP contribution in [0.5, 0.6) is 0 Å². The zero-order chi connectivity index (χ0) is 14.0. The first kappa shape index (κ1) is 16.1. The third kappa shape index (κ3) is 3.04. The highest BCUT2D eigenvalue weighted by Crippen LogP contribution is 2.18. The lowest BCUT2D eigenvalue weighted by molar-refractivity contribution is 0.0637. The molecular weight excluding hydrogens is 262 g/mol. The molecule has 0 amide bonds. The summed E-state index contributed by atoms with van der Waals surface area (Å²) in [4.78, 5) is 43.1. The van der Waals surface area contributed by atoms with Crippen LogP contribution >= 0.6 is 0 Å². The third-order valence-corrected chi connectivity index (χ3v) is 2.08. The monoisotopic (exact) mass is 271 g/mol. The topological polar surface area (TPSA) is 184 Å². The van der Waals surface area contributed by atoms with Crippen LogP contribution in [0.15, 0.2) is 12.1 Å². The van der Waals surface area contributed by atoms with Gasteiger partial charge in [0.05, 0.1) is 22.3 Å². The summed E-state index contributed by atoms with van der Waals surface area (Å²) in [5.74, 6) is -6.64. The summed E-state index contributed by atoms with van der Waals surface area (Å²) in [5.41, 5.74) is -3.15. The minimum absolute atomic E-state index is 0. The molecule has 0 bridgehead atoms. The van der Waals surface area contributed by atoms with Crippen LogP contribution in [0.2, 0.25) is 0 Å². The van der Waals surface area contributed by atoms with E-state index in [2.05, 4.69) is 0 Å². The van der Waals surface area contributed by atoms with Crippen molar-refractivity contribution in [1.29, 1.82) is 0 Å². The summed E-state index contributed by atoms with van der Waals surface area (Å²) in [6, 6.07) is 1.02. The van der Waals surface area contributed by atoms with E-state index in [4.69, 9.17) is 20.4 Å². The van der Waals surface area contributed by atoms with Crippen molar-refractivity contribution in [3.05, 3.63) is 34.4 Å². The second-order valence-corrected chi connectivity index (χ2v) is 3.16. The van der Waals surface area contributed by atoms with E-state index in [0.29, 0.717) is 12.1 Å². The Hall–Kier alpha value is -2.94. The van der Waals surface area contributed by atoms with Crippen molar-refractivity contribution in [2.75, 3.05) is 0 Å². The van der Waals surface area contributed by atoms with Crippen LogP contribution in [0.4, 0.5) is 0 Å². The normalized spacial score (nSPS) is 9.26. The second kappa shape index (κ2) is 5.60. The van der Waals surface area contributed by atoms with Crippen LogP contribution in [0.25, 0.3) is 0 Å². The maximum Gasteiger partial charge on any atom is 0.336 e. The van der Waals surface area contributed by atoms with Crippen molar-refractivity contribution in [1.82, 2.24) is 6.15 Å². The van der Waals surface area contributed by atoms with Gasteiger partial charge in [0.25, 0.3) is 0 Å². The average molecular weight is 271 g/mol. The van der Waals surface area contributed by atoms with Crippen molar-refractivity contribution in [3.8, 4) is 0 Å². The molecule has 0 saturated heterocycles. The lowest BCUT2D eigenvalue weighted by atomic mass is 9.98. The zero-order valence-corrected chi connectivity index (χ0v) is 9.28. The molecule has 0 aliphatic heterocycles. The van der Waals surface area contributed by atoms with Gasteiger partial charge < -0.3 is 26.6 Å². The van der Waals surface area contributed by atoms with E-state index in [1.807, 2.05) is 0 Å². The van der Waals surface area contributed by atoms with E-state index in [1.165, 1.54) is 0 Å². The predicted molar refractivity (Wildman–Crippen MR) is 59.3 cm³/mol. The first-order valence-electron chi connectivity index (χ1n) is 4.37. The molecule has 0 aliphatic carbocycles. The molecule has 0 spiro atoms. The van der Waals surface area contributed by atoms with Gasteiger partial charge in [-0.25, -0.2) is 19.2 Å². The molecule has 0 heterocycles. The number of rotatable bonds is 4. The Balaban J connectivity index is 0.00000324. The second-order valence-electron chi connectivity index (χ2n) is 3.16. The van der Waals surface area contributed by atoms with Crippen molar-refractivity contribution in [3.63, 3.8) is 0 Å². The standard InChI is InChI=1S/C10H6O8.H3N/c11-7(12)3-1-4(8(13)14)6(10(17)18)2-5(3)9(15)16;/h1-2H,(H,11,12)(H,13,14)(H,15,16)(H,17,18);1H3. The number of hydrogen-bond donors (Lipinski definition) is 5. The quantitative estimate of drug-likeness (QED) is 0.523. The maximum atomic E-state index is 10.8. The molecule has 7 N–H and O–H groups in total. The van der Waals surface area contributed by atoms with Crippen LogP contribution in [-0.4, -0.2) is 44.3 Å². The molecule has 9 nitrogen and oxygen atoms in total. The molecule has 19 heavy (non-hydrogen) atoms. The first-order valence-corrected chi connectivity index (χ1v) is 4.37. The van der Waals surface area contributed by atoms with Crippen LogP contribution in [-0.2, 0) is 0 Å². The first-order chi connectivity index (χ1) is 8.25. The van der Waals surface area contributed by atoms with Gasteiger partial charge in [-0.15, -0.1) is 0 Å². The average Bonchev–Trinajstić information content (AvgIpc) is 2.26. The van der Waals surface area contributed by atoms with Gasteiger partial charge in [0, 0.05) is 0 Å². The molecular formula is C10H9NO8. The molecule has 0 fully saturated rings. The molecule has 0 saturated carbocycles. The number of benzene rings is 1. The van der Waals surface area contributed by atoms with E-state index < -0.39 is 46.1 Å². The van der Waals surface area contributed by atoms with Gasteiger partial charge in [-0.3, -0.25) is 0 Å². The van der Waals surface area contributed by atoms with Crippen molar-refractivity contribution >= 4 is 23.9 Å². The van der Waals surface area contributed by atoms with E-state index in [1.54, 1.807) is 0 Å². The van der Waals surface area contributed by atoms with Gasteiger partial charge in [-0.05, 0) is 12.1 Å². The molecule has 1 rings (SSSR count). The Bertz CT molecular complexity index is 479. The van der Waals surface area contributed by atoms with Crippen molar-refractivity contribution in [2.45, 2.75) is 0 Å². The van der Waals surface area contributed by atoms with Gasteiger partial charge in [0.15, 0.2) is 0 Å². The van der Waals surface area contributed by atoms with Crippen LogP contribution in [0, 0.1) is 0 Å². The predicted octanol–water partition coefficient (Wildman–Crippen LogP) is 0.641. The van der Waals surface area contributed by atoms with Gasteiger partial charge in [0.1, 0.15) is 0 Å². The molecule has 9 heteroatoms. The molecule has 0 atom stereocenters. The van der Waals surface area contributed by atoms with E-state index in [-0.39, 0.29) is 6.15 Å². The molecule has 1 aromatic carbocycles. The molecule has 0 aliphatic rings. The molecule has 1 aromatic rings. The Kier molecular flexibility index (Phi) is 4.73. The summed E-state index contributed by atoms with van der Waals surface area (Å²) in [6.07, 6.45) is 0. The minimum atomic E-state index is -1.66. The zero-order valence-electron chi connectivity index (χ0n) is 9.28. The summed E-state index contributed by atoms with van der Waals surface area (Å²) in [6.45, 7) is 0. The summed E-state index contributed by atoms with van der Waals surface area (Å²) < 4.78 is 0. The van der Waals surface area contributed by atoms with Crippen LogP contribution < -0.4 is 6.15 Å². The Morgan fingerprint density at radius 3 is 0.842 bits per heavy atom. The summed E-state index contributed by atoms with van der Waals surface area (Å²) >= 11 is 0. The lowest BCUT2D eigenvalue weighted by Gasteiger charge is -2.06. The number of hydrogen-bond acceptors (Lipinski definition) is 5. The van der Waals surface area contributed by atoms with E-state index in [0.717, 1.165) is 0 Å². The fourth-order valence-corrected chi connectivity index (χ4v) is 1.31.